The van der Waals surface area contributed by atoms with Crippen LogP contribution in [0, 0.1) is 23.7 Å². The van der Waals surface area contributed by atoms with Gasteiger partial charge in [-0.2, -0.15) is 13.2 Å². The third kappa shape index (κ3) is 4.21. The molecule has 3 aromatic rings. The van der Waals surface area contributed by atoms with Crippen molar-refractivity contribution in [1.29, 1.82) is 0 Å². The average Bonchev–Trinajstić information content (AvgIpc) is 3.74. The third-order valence-electron chi connectivity index (χ3n) is 8.42. The number of fused-ring (bicyclic) bond motifs is 5. The molecule has 5 heterocycles. The van der Waals surface area contributed by atoms with Gasteiger partial charge in [0.05, 0.1) is 28.8 Å². The number of ether oxygens (including phenoxy) is 1. The number of nitrogens with zero attached hydrogens (tertiary/aromatic N) is 3. The Hall–Kier alpha value is -4.26. The van der Waals surface area contributed by atoms with E-state index in [0.29, 0.717) is 55.4 Å². The predicted octanol–water partition coefficient (Wildman–Crippen LogP) is 4.12. The largest absolute Gasteiger partial charge is 0.467 e. The molecule has 2 aromatic heterocycles. The zero-order valence-electron chi connectivity index (χ0n) is 21.1. The van der Waals surface area contributed by atoms with Crippen molar-refractivity contribution in [3.63, 3.8) is 0 Å². The van der Waals surface area contributed by atoms with Gasteiger partial charge in [-0.1, -0.05) is 0 Å². The number of hydrazine groups is 2. The molecule has 13 heteroatoms. The van der Waals surface area contributed by atoms with E-state index in [0.717, 1.165) is 11.4 Å². The van der Waals surface area contributed by atoms with E-state index in [-0.39, 0.29) is 37.4 Å². The van der Waals surface area contributed by atoms with E-state index in [1.807, 2.05) is 23.1 Å². The molecule has 4 atom stereocenters. The second kappa shape index (κ2) is 9.15. The SMILES string of the molecule is O=C(c1cnc(OCC(F)(F)F)c(-c2ccco2)c1)N1CC2C(C1)[C@@H]1CN(C(=O)c3ccc4c(c3)NNN4)C[C@H]21.[HH].[HH]. The van der Waals surface area contributed by atoms with E-state index in [4.69, 9.17) is 9.15 Å². The van der Waals surface area contributed by atoms with Gasteiger partial charge in [0.25, 0.3) is 11.8 Å². The molecule has 2 unspecified atom stereocenters. The summed E-state index contributed by atoms with van der Waals surface area (Å²) in [5.74, 6) is 1.03. The number of alkyl halides is 3. The van der Waals surface area contributed by atoms with Crippen LogP contribution in [0.25, 0.3) is 11.3 Å². The Bertz CT molecular complexity index is 1470. The number of hydrogen-bond acceptors (Lipinski definition) is 8. The number of benzene rings is 1. The van der Waals surface area contributed by atoms with Crippen LogP contribution in [0.1, 0.15) is 23.6 Å². The first-order valence-electron chi connectivity index (χ1n) is 13.0. The highest BCUT2D eigenvalue weighted by atomic mass is 19.4. The van der Waals surface area contributed by atoms with Gasteiger partial charge < -0.3 is 29.8 Å². The highest BCUT2D eigenvalue weighted by Gasteiger charge is 2.59. The van der Waals surface area contributed by atoms with E-state index in [1.165, 1.54) is 18.5 Å². The van der Waals surface area contributed by atoms with Crippen LogP contribution in [-0.4, -0.2) is 65.6 Å². The van der Waals surface area contributed by atoms with Crippen molar-refractivity contribution in [3.8, 4) is 17.2 Å². The number of furan rings is 1. The van der Waals surface area contributed by atoms with Crippen molar-refractivity contribution >= 4 is 23.2 Å². The second-order valence-electron chi connectivity index (χ2n) is 10.7. The van der Waals surface area contributed by atoms with Gasteiger partial charge in [-0.05, 0) is 60.1 Å². The maximum Gasteiger partial charge on any atom is 0.422 e. The fraction of sp³-hybridized carbons (Fsp3) is 0.370. The zero-order valence-corrected chi connectivity index (χ0v) is 21.1. The van der Waals surface area contributed by atoms with Gasteiger partial charge in [0.1, 0.15) is 5.76 Å². The monoisotopic (exact) mass is 558 g/mol. The zero-order chi connectivity index (χ0) is 27.6. The number of likely N-dealkylation sites (tertiary alicyclic amines) is 2. The first kappa shape index (κ1) is 24.8. The number of rotatable bonds is 5. The number of pyridine rings is 1. The van der Waals surface area contributed by atoms with E-state index in [2.05, 4.69) is 21.4 Å². The summed E-state index contributed by atoms with van der Waals surface area (Å²) in [6.45, 7) is 0.938. The van der Waals surface area contributed by atoms with Crippen LogP contribution >= 0.6 is 0 Å². The Labute approximate surface area is 229 Å². The van der Waals surface area contributed by atoms with Gasteiger partial charge in [0.2, 0.25) is 5.88 Å². The van der Waals surface area contributed by atoms with E-state index in [9.17, 15) is 22.8 Å². The summed E-state index contributed by atoms with van der Waals surface area (Å²) < 4.78 is 48.5. The van der Waals surface area contributed by atoms with Crippen molar-refractivity contribution in [2.45, 2.75) is 6.18 Å². The number of carbonyl (C=O) groups excluding carboxylic acids is 2. The van der Waals surface area contributed by atoms with Crippen LogP contribution in [0.5, 0.6) is 5.88 Å². The van der Waals surface area contributed by atoms with E-state index in [1.54, 1.807) is 17.0 Å². The van der Waals surface area contributed by atoms with Gasteiger partial charge in [-0.3, -0.25) is 9.59 Å². The minimum atomic E-state index is -4.53. The maximum absolute atomic E-state index is 13.4. The number of anilines is 2. The molecule has 4 aliphatic rings. The van der Waals surface area contributed by atoms with Crippen molar-refractivity contribution < 1.29 is 34.8 Å². The Kier molecular flexibility index (Phi) is 5.66. The molecule has 1 aliphatic carbocycles. The molecule has 0 radical (unpaired) electrons. The van der Waals surface area contributed by atoms with Crippen LogP contribution in [0.15, 0.2) is 53.3 Å². The summed E-state index contributed by atoms with van der Waals surface area (Å²) in [7, 11) is 0. The number of carbonyl (C=O) groups is 2. The molecular weight excluding hydrogens is 529 g/mol. The standard InChI is InChI=1S/C27H25F3N6O4.2H2/c28-27(29,30)13-40-24-16(23-2-1-5-39-23)6-15(8-31-24)26(38)36-11-19-17-9-35(10-18(17)20(19)12-36)25(37)14-3-4-21-22(7-14)33-34-32-21;;/h1-8,17-20,32-34H,9-13H2;2*1H/t17-,18+,19?,20?;;. The van der Waals surface area contributed by atoms with Crippen molar-refractivity contribution in [2.75, 3.05) is 43.6 Å². The molecule has 1 saturated carbocycles. The predicted molar refractivity (Wildman–Crippen MR) is 140 cm³/mol. The van der Waals surface area contributed by atoms with Crippen LogP contribution in [0.2, 0.25) is 0 Å². The summed E-state index contributed by atoms with van der Waals surface area (Å²) in [5.41, 5.74) is 11.5. The molecule has 1 aromatic carbocycles. The van der Waals surface area contributed by atoms with Crippen LogP contribution in [0.3, 0.4) is 0 Å². The van der Waals surface area contributed by atoms with E-state index >= 15 is 0 Å². The summed E-state index contributed by atoms with van der Waals surface area (Å²) >= 11 is 0. The lowest BCUT2D eigenvalue weighted by atomic mass is 9.60. The van der Waals surface area contributed by atoms with Crippen molar-refractivity contribution in [3.05, 3.63) is 60.0 Å². The Morgan fingerprint density at radius 2 is 1.60 bits per heavy atom. The van der Waals surface area contributed by atoms with Crippen LogP contribution in [0.4, 0.5) is 24.5 Å². The van der Waals surface area contributed by atoms with Crippen molar-refractivity contribution in [1.82, 2.24) is 20.3 Å². The lowest BCUT2D eigenvalue weighted by Crippen LogP contribution is -2.44. The minimum absolute atomic E-state index is 0. The summed E-state index contributed by atoms with van der Waals surface area (Å²) in [4.78, 5) is 34.4. The number of halogens is 3. The van der Waals surface area contributed by atoms with Crippen LogP contribution in [-0.2, 0) is 0 Å². The molecule has 2 saturated heterocycles. The fourth-order valence-electron chi connectivity index (χ4n) is 6.57. The lowest BCUT2D eigenvalue weighted by Gasteiger charge is -2.42. The number of nitrogens with one attached hydrogen (secondary N) is 3. The molecule has 3 N–H and O–H groups in total. The molecule has 0 bridgehead atoms. The first-order chi connectivity index (χ1) is 19.2. The summed E-state index contributed by atoms with van der Waals surface area (Å²) in [5, 5.41) is 0. The third-order valence-corrected chi connectivity index (χ3v) is 8.42. The Balaban J connectivity index is 0.00000176. The molecule has 7 rings (SSSR count). The van der Waals surface area contributed by atoms with Crippen molar-refractivity contribution in [2.24, 2.45) is 23.7 Å². The molecule has 0 spiro atoms. The van der Waals surface area contributed by atoms with Gasteiger partial charge >= 0.3 is 6.18 Å². The minimum Gasteiger partial charge on any atom is -0.467 e. The Morgan fingerprint density at radius 3 is 2.23 bits per heavy atom. The second-order valence-corrected chi connectivity index (χ2v) is 10.7. The van der Waals surface area contributed by atoms with Gasteiger partial charge in [-0.25, -0.2) is 4.98 Å². The molecule has 10 nitrogen and oxygen atoms in total. The van der Waals surface area contributed by atoms with E-state index < -0.39 is 12.8 Å². The van der Waals surface area contributed by atoms with Gasteiger partial charge in [0, 0.05) is 40.8 Å². The smallest absolute Gasteiger partial charge is 0.422 e. The number of amides is 2. The summed E-state index contributed by atoms with van der Waals surface area (Å²) in [6.07, 6.45) is -1.90. The molecule has 3 aliphatic heterocycles. The lowest BCUT2D eigenvalue weighted by molar-refractivity contribution is -0.154. The number of hydrogen-bond donors (Lipinski definition) is 3. The highest BCUT2D eigenvalue weighted by molar-refractivity contribution is 5.97. The van der Waals surface area contributed by atoms with Gasteiger partial charge in [0.15, 0.2) is 6.61 Å². The maximum atomic E-state index is 13.4. The normalized spacial score (nSPS) is 24.5. The molecule has 40 heavy (non-hydrogen) atoms. The quantitative estimate of drug-likeness (QED) is 0.429. The Morgan fingerprint density at radius 1 is 0.950 bits per heavy atom. The fourth-order valence-corrected chi connectivity index (χ4v) is 6.57. The highest BCUT2D eigenvalue weighted by Crippen LogP contribution is 2.54. The molecule has 2 amide bonds. The average molecular weight is 559 g/mol. The molecule has 212 valence electrons. The molecular formula is C27H29F3N6O4. The summed E-state index contributed by atoms with van der Waals surface area (Å²) in [6, 6.07) is 10.1. The first-order valence-corrected chi connectivity index (χ1v) is 13.0. The molecule has 3 fully saturated rings. The van der Waals surface area contributed by atoms with Crippen LogP contribution < -0.4 is 21.1 Å². The topological polar surface area (TPSA) is 112 Å². The van der Waals surface area contributed by atoms with Gasteiger partial charge in [-0.15, -0.1) is 5.53 Å². The number of aromatic nitrogens is 1.